The number of amides is 3. The van der Waals surface area contributed by atoms with Gasteiger partial charge >= 0.3 is 16.5 Å². The normalized spacial score (nSPS) is 18.8. The Morgan fingerprint density at radius 3 is 2.53 bits per heavy atom. The number of piperidine rings is 1. The highest BCUT2D eigenvalue weighted by atomic mass is 32.3. The summed E-state index contributed by atoms with van der Waals surface area (Å²) in [4.78, 5) is 49.7. The number of nitrogens with zero attached hydrogens (tertiary/aromatic N) is 1. The van der Waals surface area contributed by atoms with Gasteiger partial charge in [0.05, 0.1) is 12.1 Å². The van der Waals surface area contributed by atoms with Crippen LogP contribution in [0.2, 0.25) is 0 Å². The molecule has 2 heterocycles. The smallest absolute Gasteiger partial charge is 0.481 e. The molecule has 11 nitrogen and oxygen atoms in total. The number of rotatable bonds is 6. The third-order valence-corrected chi connectivity index (χ3v) is 4.94. The van der Waals surface area contributed by atoms with Crippen molar-refractivity contribution in [3.63, 3.8) is 0 Å². The van der Waals surface area contributed by atoms with Gasteiger partial charge < -0.3 is 18.6 Å². The molecule has 0 aromatic heterocycles. The number of esters is 1. The van der Waals surface area contributed by atoms with Gasteiger partial charge in [-0.2, -0.15) is 8.42 Å². The van der Waals surface area contributed by atoms with Crippen LogP contribution in [0.4, 0.5) is 3.89 Å². The fraction of sp³-hybridized carbons (Fsp3) is 0.474. The Bertz CT molecular complexity index is 1090. The molecule has 1 saturated heterocycles. The highest BCUT2D eigenvalue weighted by Crippen LogP contribution is 2.37. The van der Waals surface area contributed by atoms with Gasteiger partial charge in [-0.25, -0.2) is 4.79 Å². The number of hydrogen-bond acceptors (Lipinski definition) is 9. The lowest BCUT2D eigenvalue weighted by atomic mass is 10.0. The summed E-state index contributed by atoms with van der Waals surface area (Å²) in [5, 5.41) is 2.15. The number of halogens is 1. The lowest BCUT2D eigenvalue weighted by Crippen LogP contribution is -2.52. The number of fused-ring (bicyclic) bond motifs is 1. The van der Waals surface area contributed by atoms with Gasteiger partial charge in [0.1, 0.15) is 23.1 Å². The van der Waals surface area contributed by atoms with Crippen LogP contribution >= 0.6 is 0 Å². The second-order valence-corrected chi connectivity index (χ2v) is 9.15. The van der Waals surface area contributed by atoms with Crippen molar-refractivity contribution in [3.05, 3.63) is 23.3 Å². The van der Waals surface area contributed by atoms with E-state index in [2.05, 4.69) is 9.50 Å². The summed E-state index contributed by atoms with van der Waals surface area (Å²) in [5.41, 5.74) is -0.629. The SMILES string of the molecule is CC(C)(C)OC(=O)COc1cc(OS(=O)(=O)F)cc2c1CN(C1CCC(=O)NC1=O)C2=O. The minimum atomic E-state index is -5.41. The molecule has 1 aromatic carbocycles. The van der Waals surface area contributed by atoms with E-state index in [-0.39, 0.29) is 36.3 Å². The van der Waals surface area contributed by atoms with E-state index < -0.39 is 58.2 Å². The predicted molar refractivity (Wildman–Crippen MR) is 104 cm³/mol. The molecule has 1 fully saturated rings. The van der Waals surface area contributed by atoms with Gasteiger partial charge in [0.15, 0.2) is 6.61 Å². The van der Waals surface area contributed by atoms with Crippen molar-refractivity contribution < 1.29 is 45.1 Å². The molecule has 1 atom stereocenters. The van der Waals surface area contributed by atoms with Gasteiger partial charge in [0, 0.05) is 18.1 Å². The molecule has 174 valence electrons. The van der Waals surface area contributed by atoms with Gasteiger partial charge in [-0.05, 0) is 33.3 Å². The van der Waals surface area contributed by atoms with E-state index in [9.17, 15) is 31.5 Å². The van der Waals surface area contributed by atoms with E-state index in [1.54, 1.807) is 20.8 Å². The summed E-state index contributed by atoms with van der Waals surface area (Å²) in [6.45, 7) is 4.26. The fourth-order valence-electron chi connectivity index (χ4n) is 3.40. The van der Waals surface area contributed by atoms with E-state index in [1.165, 1.54) is 4.90 Å². The van der Waals surface area contributed by atoms with Crippen LogP contribution in [0.5, 0.6) is 11.5 Å². The first-order valence-electron chi connectivity index (χ1n) is 9.54. The van der Waals surface area contributed by atoms with Crippen molar-refractivity contribution in [3.8, 4) is 11.5 Å². The largest absolute Gasteiger partial charge is 0.488 e. The van der Waals surface area contributed by atoms with Crippen LogP contribution < -0.4 is 14.2 Å². The molecule has 0 bridgehead atoms. The van der Waals surface area contributed by atoms with Crippen molar-refractivity contribution in [2.45, 2.75) is 51.8 Å². The molecule has 0 spiro atoms. The number of carbonyl (C=O) groups excluding carboxylic acids is 4. The van der Waals surface area contributed by atoms with E-state index >= 15 is 0 Å². The zero-order chi connectivity index (χ0) is 23.8. The zero-order valence-electron chi connectivity index (χ0n) is 17.5. The van der Waals surface area contributed by atoms with E-state index in [1.807, 2.05) is 0 Å². The molecule has 3 amide bonds. The second kappa shape index (κ2) is 8.37. The lowest BCUT2D eigenvalue weighted by Gasteiger charge is -2.29. The van der Waals surface area contributed by atoms with E-state index in [0.29, 0.717) is 0 Å². The van der Waals surface area contributed by atoms with Gasteiger partial charge in [-0.1, -0.05) is 3.89 Å². The first kappa shape index (κ1) is 23.4. The summed E-state index contributed by atoms with van der Waals surface area (Å²) in [6, 6.07) is 1.07. The highest BCUT2D eigenvalue weighted by Gasteiger charge is 2.41. The lowest BCUT2D eigenvalue weighted by molar-refractivity contribution is -0.157. The molecule has 1 N–H and O–H groups in total. The maximum atomic E-state index is 13.1. The maximum absolute atomic E-state index is 13.1. The first-order chi connectivity index (χ1) is 14.7. The number of benzene rings is 1. The van der Waals surface area contributed by atoms with Gasteiger partial charge in [0.25, 0.3) is 5.91 Å². The van der Waals surface area contributed by atoms with Crippen LogP contribution in [0.3, 0.4) is 0 Å². The van der Waals surface area contributed by atoms with Crippen LogP contribution in [0.25, 0.3) is 0 Å². The fourth-order valence-corrected chi connectivity index (χ4v) is 3.73. The number of imide groups is 1. The van der Waals surface area contributed by atoms with Crippen LogP contribution in [-0.4, -0.2) is 55.3 Å². The molecule has 0 aliphatic carbocycles. The molecule has 0 saturated carbocycles. The molecule has 3 rings (SSSR count). The molecule has 1 unspecified atom stereocenters. The topological polar surface area (TPSA) is 145 Å². The minimum absolute atomic E-state index is 0.0347. The Morgan fingerprint density at radius 1 is 1.25 bits per heavy atom. The highest BCUT2D eigenvalue weighted by molar-refractivity contribution is 7.81. The minimum Gasteiger partial charge on any atom is -0.481 e. The molecule has 0 radical (unpaired) electrons. The van der Waals surface area contributed by atoms with Crippen LogP contribution in [-0.2, 0) is 36.2 Å². The van der Waals surface area contributed by atoms with Crippen molar-refractivity contribution in [1.82, 2.24) is 10.2 Å². The van der Waals surface area contributed by atoms with Crippen molar-refractivity contribution in [1.29, 1.82) is 0 Å². The zero-order valence-corrected chi connectivity index (χ0v) is 18.3. The van der Waals surface area contributed by atoms with Crippen molar-refractivity contribution in [2.75, 3.05) is 6.61 Å². The monoisotopic (exact) mass is 472 g/mol. The molecular weight excluding hydrogens is 451 g/mol. The molecule has 1 aromatic rings. The van der Waals surface area contributed by atoms with Gasteiger partial charge in [0.2, 0.25) is 11.8 Å². The third-order valence-electron chi connectivity index (χ3n) is 4.55. The van der Waals surface area contributed by atoms with Crippen molar-refractivity contribution >= 4 is 34.2 Å². The van der Waals surface area contributed by atoms with E-state index in [4.69, 9.17) is 9.47 Å². The maximum Gasteiger partial charge on any atom is 0.488 e. The first-order valence-corrected chi connectivity index (χ1v) is 10.8. The summed E-state index contributed by atoms with van der Waals surface area (Å²) in [5.74, 6) is -3.18. The number of nitrogens with one attached hydrogen (secondary N) is 1. The average Bonchev–Trinajstić information content (AvgIpc) is 2.94. The molecule has 13 heteroatoms. The molecule has 2 aliphatic rings. The molecular formula is C19H21FN2O9S. The Labute approximate surface area is 183 Å². The number of ether oxygens (including phenoxy) is 2. The Balaban J connectivity index is 1.90. The Hall–Kier alpha value is -3.22. The van der Waals surface area contributed by atoms with Crippen LogP contribution in [0.15, 0.2) is 12.1 Å². The van der Waals surface area contributed by atoms with Crippen LogP contribution in [0.1, 0.15) is 49.5 Å². The second-order valence-electron chi connectivity index (χ2n) is 8.20. The van der Waals surface area contributed by atoms with Crippen molar-refractivity contribution in [2.24, 2.45) is 0 Å². The van der Waals surface area contributed by atoms with Crippen LogP contribution in [0, 0.1) is 0 Å². The summed E-state index contributed by atoms with van der Waals surface area (Å²) in [6.07, 6.45) is 0.133. The molecule has 2 aliphatic heterocycles. The molecule has 32 heavy (non-hydrogen) atoms. The Morgan fingerprint density at radius 2 is 1.94 bits per heavy atom. The third kappa shape index (κ3) is 5.52. The quantitative estimate of drug-likeness (QED) is 0.360. The van der Waals surface area contributed by atoms with Gasteiger partial charge in [-0.3, -0.25) is 19.7 Å². The van der Waals surface area contributed by atoms with Gasteiger partial charge in [-0.15, -0.1) is 0 Å². The standard InChI is InChI=1S/C19H21FN2O9S/c1-19(2,3)30-16(24)9-29-14-7-10(31-32(20,27)28)6-11-12(14)8-22(18(11)26)13-4-5-15(23)21-17(13)25/h6-7,13H,4-5,8-9H2,1-3H3,(H,21,23,25). The predicted octanol–water partition coefficient (Wildman–Crippen LogP) is 0.761. The summed E-state index contributed by atoms with van der Waals surface area (Å²) < 4.78 is 49.7. The summed E-state index contributed by atoms with van der Waals surface area (Å²) >= 11 is 0. The number of hydrogen-bond donors (Lipinski definition) is 1. The Kier molecular flexibility index (Phi) is 6.13. The average molecular weight is 472 g/mol. The van der Waals surface area contributed by atoms with E-state index in [0.717, 1.165) is 12.1 Å². The number of carbonyl (C=O) groups is 4. The summed E-state index contributed by atoms with van der Waals surface area (Å²) in [7, 11) is -5.41.